The van der Waals surface area contributed by atoms with E-state index in [9.17, 15) is 13.9 Å². The van der Waals surface area contributed by atoms with Crippen LogP contribution in [0.5, 0.6) is 0 Å². The fourth-order valence-corrected chi connectivity index (χ4v) is 13.0. The van der Waals surface area contributed by atoms with Crippen molar-refractivity contribution in [2.24, 2.45) is 46.3 Å². The summed E-state index contributed by atoms with van der Waals surface area (Å²) < 4.78 is 89.8. The van der Waals surface area contributed by atoms with E-state index in [0.717, 1.165) is 38.5 Å². The van der Waals surface area contributed by atoms with Crippen molar-refractivity contribution >= 4 is 13.3 Å². The number of aromatic nitrogens is 1. The average Bonchev–Trinajstić information content (AvgIpc) is 3.43. The van der Waals surface area contributed by atoms with Gasteiger partial charge in [0.2, 0.25) is 11.9 Å². The highest BCUT2D eigenvalue weighted by Crippen LogP contribution is 2.72. The number of nitrogens with zero attached hydrogens (tertiary/aromatic N) is 1. The van der Waals surface area contributed by atoms with E-state index in [2.05, 4.69) is 25.8 Å². The molecule has 1 aromatic rings. The number of halogens is 5. The molecule has 2 heterocycles. The molecular weight excluding hydrogens is 617 g/mol. The topological polar surface area (TPSA) is 51.6 Å². The summed E-state index contributed by atoms with van der Waals surface area (Å²) in [7, 11) is -2.52. The first-order valence-electron chi connectivity index (χ1n) is 17.7. The van der Waals surface area contributed by atoms with Crippen LogP contribution in [0.15, 0.2) is 0 Å². The van der Waals surface area contributed by atoms with Crippen LogP contribution in [-0.2, 0) is 9.47 Å². The van der Waals surface area contributed by atoms with E-state index in [1.54, 1.807) is 19.6 Å². The molecule has 0 bridgehead atoms. The van der Waals surface area contributed by atoms with Crippen LogP contribution in [0.1, 0.15) is 110 Å². The molecule has 4 saturated carbocycles. The maximum Gasteiger partial charge on any atom is 0.251 e. The van der Waals surface area contributed by atoms with Gasteiger partial charge in [-0.2, -0.15) is 13.8 Å². The lowest BCUT2D eigenvalue weighted by Gasteiger charge is -2.63. The van der Waals surface area contributed by atoms with Gasteiger partial charge >= 0.3 is 0 Å². The van der Waals surface area contributed by atoms with Crippen molar-refractivity contribution < 1.29 is 36.5 Å². The largest absolute Gasteiger partial charge is 0.388 e. The SMILES string of the molecule is C[C@H](CCCC(O)c1c(F)nc(F)c([Si](C)(C)C)c1F)[C@H]1CC[C@H]2[C@H]3[C@H](CC[C@]12C)[C@@]1(C)CC[C@@H]2OC(C)(C)O[C@@H]2[C@@H]1CC3(F)F. The first kappa shape index (κ1) is 34.7. The van der Waals surface area contributed by atoms with Crippen molar-refractivity contribution in [1.82, 2.24) is 4.98 Å². The minimum atomic E-state index is -2.77. The Balaban J connectivity index is 1.14. The van der Waals surface area contributed by atoms with Gasteiger partial charge in [-0.3, -0.25) is 0 Å². The molecular formula is C36H54F5NO3Si. The molecule has 11 atom stereocenters. The molecule has 6 rings (SSSR count). The number of alkyl halides is 2. The molecule has 46 heavy (non-hydrogen) atoms. The normalized spacial score (nSPS) is 40.9. The van der Waals surface area contributed by atoms with Crippen molar-refractivity contribution in [3.63, 3.8) is 0 Å². The third kappa shape index (κ3) is 5.51. The van der Waals surface area contributed by atoms with Crippen molar-refractivity contribution in [1.29, 1.82) is 0 Å². The number of pyridine rings is 1. The molecule has 1 aromatic heterocycles. The molecule has 1 unspecified atom stereocenters. The van der Waals surface area contributed by atoms with Crippen LogP contribution < -0.4 is 5.19 Å². The van der Waals surface area contributed by atoms with Gasteiger partial charge in [-0.15, -0.1) is 0 Å². The van der Waals surface area contributed by atoms with Gasteiger partial charge in [0, 0.05) is 17.5 Å². The number of aliphatic hydroxyl groups excluding tert-OH is 1. The van der Waals surface area contributed by atoms with Gasteiger partial charge in [-0.1, -0.05) is 53.3 Å². The molecule has 0 radical (unpaired) electrons. The molecule has 1 N–H and O–H groups in total. The average molecular weight is 672 g/mol. The van der Waals surface area contributed by atoms with Gasteiger partial charge in [-0.25, -0.2) is 13.2 Å². The fraction of sp³-hybridized carbons (Fsp3) is 0.861. The van der Waals surface area contributed by atoms with Gasteiger partial charge in [0.15, 0.2) is 5.79 Å². The lowest BCUT2D eigenvalue weighted by Crippen LogP contribution is -2.63. The zero-order valence-corrected chi connectivity index (χ0v) is 29.9. The molecule has 260 valence electrons. The van der Waals surface area contributed by atoms with Crippen molar-refractivity contribution in [3.8, 4) is 0 Å². The minimum absolute atomic E-state index is 0.0491. The summed E-state index contributed by atoms with van der Waals surface area (Å²) in [6.45, 7) is 15.7. The van der Waals surface area contributed by atoms with E-state index in [1.165, 1.54) is 0 Å². The Hall–Kier alpha value is -1.10. The highest BCUT2D eigenvalue weighted by atomic mass is 28.3. The Morgan fingerprint density at radius 2 is 1.52 bits per heavy atom. The summed E-state index contributed by atoms with van der Waals surface area (Å²) in [5.74, 6) is -7.45. The molecule has 1 aliphatic heterocycles. The molecule has 5 aliphatic rings. The van der Waals surface area contributed by atoms with E-state index in [0.29, 0.717) is 12.8 Å². The molecule has 1 saturated heterocycles. The second-order valence-electron chi connectivity index (χ2n) is 17.7. The predicted molar refractivity (Wildman–Crippen MR) is 170 cm³/mol. The number of rotatable bonds is 7. The van der Waals surface area contributed by atoms with E-state index in [-0.39, 0.29) is 70.7 Å². The highest BCUT2D eigenvalue weighted by molar-refractivity contribution is 6.88. The smallest absolute Gasteiger partial charge is 0.251 e. The Morgan fingerprint density at radius 3 is 2.20 bits per heavy atom. The summed E-state index contributed by atoms with van der Waals surface area (Å²) in [5, 5.41) is 10.6. The quantitative estimate of drug-likeness (QED) is 0.179. The van der Waals surface area contributed by atoms with Gasteiger partial charge in [0.25, 0.3) is 5.92 Å². The van der Waals surface area contributed by atoms with Crippen LogP contribution in [0.4, 0.5) is 22.0 Å². The molecule has 10 heteroatoms. The monoisotopic (exact) mass is 671 g/mol. The number of fused-ring (bicyclic) bond motifs is 7. The maximum absolute atomic E-state index is 16.5. The molecule has 4 aliphatic carbocycles. The number of hydrogen-bond donors (Lipinski definition) is 1. The van der Waals surface area contributed by atoms with Gasteiger partial charge in [0.05, 0.1) is 31.9 Å². The third-order valence-electron chi connectivity index (χ3n) is 13.6. The van der Waals surface area contributed by atoms with Crippen LogP contribution in [0.2, 0.25) is 19.6 Å². The van der Waals surface area contributed by atoms with E-state index >= 15 is 13.2 Å². The van der Waals surface area contributed by atoms with Crippen molar-refractivity contribution in [2.45, 2.75) is 148 Å². The van der Waals surface area contributed by atoms with Crippen molar-refractivity contribution in [2.75, 3.05) is 0 Å². The Morgan fingerprint density at radius 1 is 0.870 bits per heavy atom. The lowest BCUT2D eigenvalue weighted by atomic mass is 9.43. The van der Waals surface area contributed by atoms with E-state index < -0.39 is 55.1 Å². The molecule has 5 fully saturated rings. The van der Waals surface area contributed by atoms with Crippen LogP contribution in [0.25, 0.3) is 0 Å². The molecule has 0 aromatic carbocycles. The van der Waals surface area contributed by atoms with Crippen LogP contribution in [0, 0.1) is 64.1 Å². The van der Waals surface area contributed by atoms with E-state index in [1.807, 2.05) is 13.8 Å². The van der Waals surface area contributed by atoms with Crippen LogP contribution in [0.3, 0.4) is 0 Å². The number of aliphatic hydroxyl groups is 1. The summed E-state index contributed by atoms with van der Waals surface area (Å²) >= 11 is 0. The third-order valence-corrected chi connectivity index (χ3v) is 15.5. The molecule has 0 spiro atoms. The van der Waals surface area contributed by atoms with Crippen LogP contribution >= 0.6 is 0 Å². The maximum atomic E-state index is 16.5. The fourth-order valence-electron chi connectivity index (χ4n) is 11.5. The first-order chi connectivity index (χ1) is 21.2. The second kappa shape index (κ2) is 11.5. The van der Waals surface area contributed by atoms with Crippen LogP contribution in [-0.4, -0.2) is 42.1 Å². The minimum Gasteiger partial charge on any atom is -0.388 e. The standard InChI is InChI=1S/C36H54F5NO3Si/c1-19(10-9-11-24(43)26-28(37)30(46(6,7)8)32(39)42-31(26)38)20-12-13-21-27-22(14-16-34(20,21)4)35(5)17-15-25-29(45-33(2,3)44-25)23(35)18-36(27,40)41/h19-25,27,29,43H,9-18H2,1-8H3/t19-,20-,21+,22+,23+,24?,25+,27+,29-,34-,35-/m1/s1. The van der Waals surface area contributed by atoms with Crippen molar-refractivity contribution in [3.05, 3.63) is 23.3 Å². The van der Waals surface area contributed by atoms with Gasteiger partial charge in [0.1, 0.15) is 5.82 Å². The summed E-state index contributed by atoms with van der Waals surface area (Å²) in [5.41, 5.74) is -0.951. The number of ether oxygens (including phenoxy) is 2. The Bertz CT molecular complexity index is 1340. The summed E-state index contributed by atoms with van der Waals surface area (Å²) in [6.07, 6.45) is 4.53. The first-order valence-corrected chi connectivity index (χ1v) is 21.2. The predicted octanol–water partition coefficient (Wildman–Crippen LogP) is 8.92. The molecule has 0 amide bonds. The number of hydrogen-bond acceptors (Lipinski definition) is 4. The highest BCUT2D eigenvalue weighted by Gasteiger charge is 2.70. The van der Waals surface area contributed by atoms with Gasteiger partial charge < -0.3 is 14.6 Å². The van der Waals surface area contributed by atoms with E-state index in [4.69, 9.17) is 9.47 Å². The Labute approximate surface area is 272 Å². The Kier molecular flexibility index (Phi) is 8.67. The zero-order valence-electron chi connectivity index (χ0n) is 28.9. The van der Waals surface area contributed by atoms with Gasteiger partial charge in [-0.05, 0) is 99.2 Å². The summed E-state index contributed by atoms with van der Waals surface area (Å²) in [4.78, 5) is 3.31. The zero-order chi connectivity index (χ0) is 33.8. The summed E-state index contributed by atoms with van der Waals surface area (Å²) in [6, 6.07) is 0. The lowest BCUT2D eigenvalue weighted by molar-refractivity contribution is -0.252. The second-order valence-corrected chi connectivity index (χ2v) is 22.7. The molecule has 4 nitrogen and oxygen atoms in total.